The van der Waals surface area contributed by atoms with Gasteiger partial charge in [0.15, 0.2) is 0 Å². The molecule has 4 rings (SSSR count). The van der Waals surface area contributed by atoms with E-state index in [9.17, 15) is 9.18 Å². The first-order chi connectivity index (χ1) is 12.6. The lowest BCUT2D eigenvalue weighted by molar-refractivity contribution is -0.115. The summed E-state index contributed by atoms with van der Waals surface area (Å²) in [6.07, 6.45) is 3.23. The summed E-state index contributed by atoms with van der Waals surface area (Å²) < 4.78 is 15.2. The third-order valence-electron chi connectivity index (χ3n) is 4.25. The van der Waals surface area contributed by atoms with Crippen LogP contribution >= 0.6 is 0 Å². The number of carbonyl (C=O) groups excluding carboxylic acids is 1. The molecular formula is C19H16FN5O. The molecule has 0 saturated carbocycles. The zero-order valence-electron chi connectivity index (χ0n) is 14.0. The number of aromatic nitrogens is 4. The molecule has 2 N–H and O–H groups in total. The van der Waals surface area contributed by atoms with Gasteiger partial charge >= 0.3 is 0 Å². The first kappa shape index (κ1) is 16.0. The fraction of sp³-hybridized carbons (Fsp3) is 0.105. The van der Waals surface area contributed by atoms with E-state index in [-0.39, 0.29) is 18.1 Å². The summed E-state index contributed by atoms with van der Waals surface area (Å²) >= 11 is 0. The van der Waals surface area contributed by atoms with Crippen LogP contribution in [0.25, 0.3) is 16.6 Å². The van der Waals surface area contributed by atoms with Crippen LogP contribution in [0.4, 0.5) is 10.1 Å². The zero-order chi connectivity index (χ0) is 18.1. The van der Waals surface area contributed by atoms with E-state index in [0.29, 0.717) is 5.69 Å². The molecule has 0 aliphatic heterocycles. The summed E-state index contributed by atoms with van der Waals surface area (Å²) in [5.41, 5.74) is 4.02. The molecular weight excluding hydrogens is 333 g/mol. The predicted molar refractivity (Wildman–Crippen MR) is 96.7 cm³/mol. The summed E-state index contributed by atoms with van der Waals surface area (Å²) in [6, 6.07) is 11.8. The number of H-pyrrole nitrogens is 1. The number of rotatable bonds is 4. The molecule has 26 heavy (non-hydrogen) atoms. The number of nitrogens with one attached hydrogen (secondary N) is 2. The molecule has 2 heterocycles. The van der Waals surface area contributed by atoms with Crippen LogP contribution < -0.4 is 5.32 Å². The van der Waals surface area contributed by atoms with Gasteiger partial charge in [-0.3, -0.25) is 4.79 Å². The van der Waals surface area contributed by atoms with E-state index in [1.54, 1.807) is 29.2 Å². The molecule has 0 fully saturated rings. The number of benzene rings is 2. The van der Waals surface area contributed by atoms with Crippen molar-refractivity contribution in [3.63, 3.8) is 0 Å². The monoisotopic (exact) mass is 349 g/mol. The van der Waals surface area contributed by atoms with Gasteiger partial charge in [0, 0.05) is 22.3 Å². The van der Waals surface area contributed by atoms with Gasteiger partial charge in [-0.15, -0.1) is 0 Å². The average molecular weight is 349 g/mol. The minimum atomic E-state index is -0.318. The van der Waals surface area contributed by atoms with Gasteiger partial charge in [-0.1, -0.05) is 0 Å². The van der Waals surface area contributed by atoms with Gasteiger partial charge < -0.3 is 10.3 Å². The third-order valence-corrected chi connectivity index (χ3v) is 4.25. The lowest BCUT2D eigenvalue weighted by Crippen LogP contribution is -2.14. The van der Waals surface area contributed by atoms with Crippen molar-refractivity contribution in [1.82, 2.24) is 19.7 Å². The summed E-state index contributed by atoms with van der Waals surface area (Å²) in [7, 11) is 0. The second-order valence-corrected chi connectivity index (χ2v) is 6.03. The highest BCUT2D eigenvalue weighted by Crippen LogP contribution is 2.24. The number of hydrogen-bond acceptors (Lipinski definition) is 3. The van der Waals surface area contributed by atoms with Gasteiger partial charge in [-0.05, 0) is 55.0 Å². The number of amides is 1. The zero-order valence-corrected chi connectivity index (χ0v) is 14.0. The second-order valence-electron chi connectivity index (χ2n) is 6.03. The Bertz CT molecular complexity index is 1070. The molecule has 6 nitrogen and oxygen atoms in total. The van der Waals surface area contributed by atoms with Gasteiger partial charge in [-0.2, -0.15) is 5.10 Å². The quantitative estimate of drug-likeness (QED) is 0.593. The highest BCUT2D eigenvalue weighted by Gasteiger charge is 2.13. The highest BCUT2D eigenvalue weighted by molar-refractivity contribution is 5.96. The van der Waals surface area contributed by atoms with Crippen molar-refractivity contribution in [2.24, 2.45) is 0 Å². The molecule has 130 valence electrons. The maximum absolute atomic E-state index is 13.5. The Kier molecular flexibility index (Phi) is 3.96. The summed E-state index contributed by atoms with van der Waals surface area (Å²) in [6.45, 7) is 1.88. The van der Waals surface area contributed by atoms with Crippen LogP contribution in [0.3, 0.4) is 0 Å². The van der Waals surface area contributed by atoms with Crippen molar-refractivity contribution in [1.29, 1.82) is 0 Å². The maximum Gasteiger partial charge on any atom is 0.228 e. The SMILES string of the molecule is Cc1[nH]c2ccc(F)cc2c1CC(=O)Nc1ccc(-n2cncn2)cc1. The fourth-order valence-corrected chi connectivity index (χ4v) is 2.99. The smallest absolute Gasteiger partial charge is 0.228 e. The topological polar surface area (TPSA) is 75.6 Å². The number of halogens is 1. The molecule has 0 bridgehead atoms. The van der Waals surface area contributed by atoms with Crippen LogP contribution in [-0.4, -0.2) is 25.7 Å². The van der Waals surface area contributed by atoms with E-state index in [1.807, 2.05) is 19.1 Å². The highest BCUT2D eigenvalue weighted by atomic mass is 19.1. The van der Waals surface area contributed by atoms with Crippen LogP contribution in [0.15, 0.2) is 55.1 Å². The molecule has 0 unspecified atom stereocenters. The van der Waals surface area contributed by atoms with Crippen molar-refractivity contribution in [2.45, 2.75) is 13.3 Å². The Hall–Kier alpha value is -3.48. The summed E-state index contributed by atoms with van der Waals surface area (Å²) in [5, 5.41) is 7.66. The molecule has 4 aromatic rings. The standard InChI is InChI=1S/C19H16FN5O/c1-12-16(17-8-13(20)2-7-18(17)23-12)9-19(26)24-14-3-5-15(6-4-14)25-11-21-10-22-25/h2-8,10-11,23H,9H2,1H3,(H,24,26). The lowest BCUT2D eigenvalue weighted by Gasteiger charge is -2.07. The number of carbonyl (C=O) groups is 1. The Morgan fingerprint density at radius 1 is 1.23 bits per heavy atom. The van der Waals surface area contributed by atoms with E-state index < -0.39 is 0 Å². The van der Waals surface area contributed by atoms with E-state index >= 15 is 0 Å². The Morgan fingerprint density at radius 3 is 2.77 bits per heavy atom. The molecule has 0 saturated heterocycles. The van der Waals surface area contributed by atoms with Gasteiger partial charge in [0.05, 0.1) is 12.1 Å². The number of aromatic amines is 1. The van der Waals surface area contributed by atoms with Gasteiger partial charge in [-0.25, -0.2) is 14.1 Å². The molecule has 1 amide bonds. The van der Waals surface area contributed by atoms with Crippen LogP contribution in [0.1, 0.15) is 11.3 Å². The van der Waals surface area contributed by atoms with Gasteiger partial charge in [0.25, 0.3) is 0 Å². The number of aryl methyl sites for hydroxylation is 1. The maximum atomic E-state index is 13.5. The molecule has 0 spiro atoms. The Balaban J connectivity index is 1.51. The molecule has 0 aliphatic carbocycles. The molecule has 0 aliphatic rings. The summed E-state index contributed by atoms with van der Waals surface area (Å²) in [5.74, 6) is -0.478. The number of hydrogen-bond donors (Lipinski definition) is 2. The summed E-state index contributed by atoms with van der Waals surface area (Å²) in [4.78, 5) is 19.5. The Labute approximate surface area is 148 Å². The fourth-order valence-electron chi connectivity index (χ4n) is 2.99. The van der Waals surface area contributed by atoms with Crippen LogP contribution in [0.5, 0.6) is 0 Å². The molecule has 2 aromatic heterocycles. The van der Waals surface area contributed by atoms with Crippen LogP contribution in [-0.2, 0) is 11.2 Å². The minimum absolute atomic E-state index is 0.160. The van der Waals surface area contributed by atoms with E-state index in [4.69, 9.17) is 0 Å². The average Bonchev–Trinajstić information content (AvgIpc) is 3.25. The largest absolute Gasteiger partial charge is 0.358 e. The van der Waals surface area contributed by atoms with Crippen molar-refractivity contribution >= 4 is 22.5 Å². The molecule has 2 aromatic carbocycles. The normalized spacial score (nSPS) is 11.0. The van der Waals surface area contributed by atoms with Gasteiger partial charge in [0.2, 0.25) is 5.91 Å². The minimum Gasteiger partial charge on any atom is -0.358 e. The Morgan fingerprint density at radius 2 is 2.04 bits per heavy atom. The van der Waals surface area contributed by atoms with E-state index in [0.717, 1.165) is 27.8 Å². The number of anilines is 1. The molecule has 7 heteroatoms. The van der Waals surface area contributed by atoms with Crippen molar-refractivity contribution in [2.75, 3.05) is 5.32 Å². The third kappa shape index (κ3) is 3.06. The van der Waals surface area contributed by atoms with E-state index in [1.165, 1.54) is 18.5 Å². The molecule has 0 radical (unpaired) electrons. The van der Waals surface area contributed by atoms with Crippen molar-refractivity contribution in [3.8, 4) is 5.69 Å². The van der Waals surface area contributed by atoms with E-state index in [2.05, 4.69) is 20.4 Å². The van der Waals surface area contributed by atoms with Crippen LogP contribution in [0, 0.1) is 12.7 Å². The predicted octanol–water partition coefficient (Wildman–Crippen LogP) is 3.38. The lowest BCUT2D eigenvalue weighted by atomic mass is 10.1. The van der Waals surface area contributed by atoms with Gasteiger partial charge in [0.1, 0.15) is 18.5 Å². The number of fused-ring (bicyclic) bond motifs is 1. The first-order valence-corrected chi connectivity index (χ1v) is 8.12. The number of nitrogens with zero attached hydrogens (tertiary/aromatic N) is 3. The van der Waals surface area contributed by atoms with Crippen molar-refractivity contribution < 1.29 is 9.18 Å². The van der Waals surface area contributed by atoms with Crippen molar-refractivity contribution in [3.05, 3.63) is 72.2 Å². The second kappa shape index (κ2) is 6.44. The molecule has 0 atom stereocenters. The van der Waals surface area contributed by atoms with Crippen LogP contribution in [0.2, 0.25) is 0 Å². The first-order valence-electron chi connectivity index (χ1n) is 8.12.